The summed E-state index contributed by atoms with van der Waals surface area (Å²) in [5.74, 6) is -1.29. The zero-order valence-corrected chi connectivity index (χ0v) is 10.1. The van der Waals surface area contributed by atoms with E-state index in [2.05, 4.69) is 9.47 Å². The van der Waals surface area contributed by atoms with Crippen molar-refractivity contribution in [3.8, 4) is 0 Å². The monoisotopic (exact) mass is 262 g/mol. The minimum Gasteiger partial charge on any atom is -0.465 e. The van der Waals surface area contributed by atoms with Crippen molar-refractivity contribution < 1.29 is 19.1 Å². The molecule has 1 aromatic rings. The van der Waals surface area contributed by atoms with Gasteiger partial charge in [0.1, 0.15) is 0 Å². The molecule has 0 radical (unpaired) electrons. The Hall–Kier alpha value is -1.26. The number of methoxy groups -OCH3 is 2. The summed E-state index contributed by atoms with van der Waals surface area (Å²) in [7, 11) is 2.43. The third-order valence-electron chi connectivity index (χ3n) is 1.87. The summed E-state index contributed by atoms with van der Waals surface area (Å²) < 4.78 is 9.01. The molecule has 0 fully saturated rings. The van der Waals surface area contributed by atoms with Crippen molar-refractivity contribution in [2.24, 2.45) is 0 Å². The van der Waals surface area contributed by atoms with Crippen LogP contribution in [0.4, 0.5) is 0 Å². The first-order chi connectivity index (χ1) is 7.51. The van der Waals surface area contributed by atoms with Gasteiger partial charge in [-0.3, -0.25) is 0 Å². The van der Waals surface area contributed by atoms with Gasteiger partial charge in [-0.15, -0.1) is 0 Å². The molecule has 0 aromatic heterocycles. The predicted octanol–water partition coefficient (Wildman–Crippen LogP) is 2.57. The molecule has 0 unspecified atom stereocenters. The molecular formula is C10H8Cl2O4. The molecule has 1 aromatic carbocycles. The second-order valence-corrected chi connectivity index (χ2v) is 3.61. The normalized spacial score (nSPS) is 9.75. The Balaban J connectivity index is 3.32. The van der Waals surface area contributed by atoms with Crippen LogP contribution in [0.25, 0.3) is 0 Å². The van der Waals surface area contributed by atoms with Crippen LogP contribution < -0.4 is 0 Å². The molecule has 0 aliphatic rings. The molecule has 0 amide bonds. The van der Waals surface area contributed by atoms with E-state index in [1.54, 1.807) is 0 Å². The molecule has 0 N–H and O–H groups in total. The number of carbonyl (C=O) groups excluding carboxylic acids is 2. The molecule has 0 aliphatic carbocycles. The number of rotatable bonds is 2. The molecule has 16 heavy (non-hydrogen) atoms. The maximum atomic E-state index is 11.3. The maximum Gasteiger partial charge on any atom is 0.339 e. The first kappa shape index (κ1) is 12.8. The Morgan fingerprint density at radius 2 is 1.31 bits per heavy atom. The lowest BCUT2D eigenvalue weighted by Crippen LogP contribution is -2.07. The van der Waals surface area contributed by atoms with Gasteiger partial charge in [0.15, 0.2) is 0 Å². The van der Waals surface area contributed by atoms with Gasteiger partial charge < -0.3 is 9.47 Å². The summed E-state index contributed by atoms with van der Waals surface area (Å²) >= 11 is 11.6. The number of hydrogen-bond donors (Lipinski definition) is 0. The zero-order chi connectivity index (χ0) is 12.3. The lowest BCUT2D eigenvalue weighted by Gasteiger charge is -2.06. The molecular weight excluding hydrogens is 255 g/mol. The number of halogens is 2. The minimum atomic E-state index is -0.646. The van der Waals surface area contributed by atoms with Gasteiger partial charge >= 0.3 is 11.9 Å². The summed E-state index contributed by atoms with van der Waals surface area (Å²) in [6.07, 6.45) is 0. The Labute approximate surface area is 102 Å². The van der Waals surface area contributed by atoms with E-state index in [0.29, 0.717) is 0 Å². The van der Waals surface area contributed by atoms with E-state index in [1.165, 1.54) is 26.4 Å². The zero-order valence-electron chi connectivity index (χ0n) is 8.54. The average Bonchev–Trinajstić information content (AvgIpc) is 2.27. The predicted molar refractivity (Wildman–Crippen MR) is 59.1 cm³/mol. The topological polar surface area (TPSA) is 52.6 Å². The highest BCUT2D eigenvalue weighted by molar-refractivity contribution is 6.38. The molecule has 1 rings (SSSR count). The quantitative estimate of drug-likeness (QED) is 0.769. The van der Waals surface area contributed by atoms with Gasteiger partial charge in [-0.25, -0.2) is 9.59 Å². The van der Waals surface area contributed by atoms with Crippen LogP contribution >= 0.6 is 23.2 Å². The van der Waals surface area contributed by atoms with E-state index >= 15 is 0 Å². The molecule has 0 bridgehead atoms. The summed E-state index contributed by atoms with van der Waals surface area (Å²) in [6.45, 7) is 0. The van der Waals surface area contributed by atoms with Gasteiger partial charge in [0.05, 0.1) is 35.4 Å². The molecule has 0 atom stereocenters. The first-order valence-corrected chi connectivity index (χ1v) is 4.92. The lowest BCUT2D eigenvalue weighted by molar-refractivity contribution is 0.0599. The van der Waals surface area contributed by atoms with Gasteiger partial charge in [-0.1, -0.05) is 23.2 Å². The molecule has 0 aliphatic heterocycles. The number of carbonyl (C=O) groups is 2. The molecule has 0 spiro atoms. The second-order valence-electron chi connectivity index (χ2n) is 2.80. The third kappa shape index (κ3) is 2.46. The van der Waals surface area contributed by atoms with Crippen LogP contribution in [0.15, 0.2) is 12.1 Å². The molecule has 4 nitrogen and oxygen atoms in total. The smallest absolute Gasteiger partial charge is 0.339 e. The van der Waals surface area contributed by atoms with Crippen molar-refractivity contribution in [3.63, 3.8) is 0 Å². The van der Waals surface area contributed by atoms with Crippen LogP contribution in [0.2, 0.25) is 10.0 Å². The fraction of sp³-hybridized carbons (Fsp3) is 0.200. The van der Waals surface area contributed by atoms with Crippen molar-refractivity contribution in [2.75, 3.05) is 14.2 Å². The van der Waals surface area contributed by atoms with Crippen molar-refractivity contribution in [3.05, 3.63) is 33.3 Å². The number of hydrogen-bond acceptors (Lipinski definition) is 4. The van der Waals surface area contributed by atoms with Crippen molar-refractivity contribution in [1.82, 2.24) is 0 Å². The van der Waals surface area contributed by atoms with Crippen LogP contribution in [0, 0.1) is 0 Å². The SMILES string of the molecule is COC(=O)c1cc(C(=O)OC)c(Cl)cc1Cl. The second kappa shape index (κ2) is 5.18. The van der Waals surface area contributed by atoms with Crippen molar-refractivity contribution in [1.29, 1.82) is 0 Å². The van der Waals surface area contributed by atoms with E-state index in [9.17, 15) is 9.59 Å². The Morgan fingerprint density at radius 3 is 1.62 bits per heavy atom. The van der Waals surface area contributed by atoms with Crippen LogP contribution in [0.5, 0.6) is 0 Å². The fourth-order valence-corrected chi connectivity index (χ4v) is 1.62. The number of ether oxygens (including phenoxy) is 2. The average molecular weight is 263 g/mol. The highest BCUT2D eigenvalue weighted by Crippen LogP contribution is 2.26. The van der Waals surface area contributed by atoms with E-state index in [1.807, 2.05) is 0 Å². The molecule has 0 saturated heterocycles. The highest BCUT2D eigenvalue weighted by atomic mass is 35.5. The molecule has 0 heterocycles. The molecule has 6 heteroatoms. The molecule has 0 saturated carbocycles. The van der Waals surface area contributed by atoms with Crippen LogP contribution in [-0.2, 0) is 9.47 Å². The van der Waals surface area contributed by atoms with Gasteiger partial charge in [0, 0.05) is 0 Å². The maximum absolute atomic E-state index is 11.3. The Morgan fingerprint density at radius 1 is 0.938 bits per heavy atom. The summed E-state index contributed by atoms with van der Waals surface area (Å²) in [4.78, 5) is 22.6. The summed E-state index contributed by atoms with van der Waals surface area (Å²) in [6, 6.07) is 2.53. The van der Waals surface area contributed by atoms with Gasteiger partial charge in [-0.2, -0.15) is 0 Å². The van der Waals surface area contributed by atoms with E-state index in [4.69, 9.17) is 23.2 Å². The van der Waals surface area contributed by atoms with E-state index in [-0.39, 0.29) is 21.2 Å². The Bertz CT molecular complexity index is 405. The van der Waals surface area contributed by atoms with Crippen molar-refractivity contribution in [2.45, 2.75) is 0 Å². The highest BCUT2D eigenvalue weighted by Gasteiger charge is 2.18. The van der Waals surface area contributed by atoms with E-state index < -0.39 is 11.9 Å². The number of benzene rings is 1. The Kier molecular flexibility index (Phi) is 4.15. The van der Waals surface area contributed by atoms with Crippen LogP contribution in [0.1, 0.15) is 20.7 Å². The first-order valence-electron chi connectivity index (χ1n) is 4.17. The lowest BCUT2D eigenvalue weighted by atomic mass is 10.1. The summed E-state index contributed by atoms with van der Waals surface area (Å²) in [5, 5.41) is 0.231. The fourth-order valence-electron chi connectivity index (χ4n) is 1.08. The minimum absolute atomic E-state index is 0.0639. The standard InChI is InChI=1S/C10H8Cl2O4/c1-15-9(13)5-3-6(10(14)16-2)8(12)4-7(5)11/h3-4H,1-2H3. The third-order valence-corrected chi connectivity index (χ3v) is 2.49. The van der Waals surface area contributed by atoms with Gasteiger partial charge in [-0.05, 0) is 12.1 Å². The number of esters is 2. The van der Waals surface area contributed by atoms with Crippen molar-refractivity contribution >= 4 is 35.1 Å². The van der Waals surface area contributed by atoms with Gasteiger partial charge in [0.2, 0.25) is 0 Å². The van der Waals surface area contributed by atoms with Crippen LogP contribution in [-0.4, -0.2) is 26.2 Å². The largest absolute Gasteiger partial charge is 0.465 e. The molecule has 86 valence electrons. The summed E-state index contributed by atoms with van der Waals surface area (Å²) in [5.41, 5.74) is 0.128. The van der Waals surface area contributed by atoms with Crippen LogP contribution in [0.3, 0.4) is 0 Å². The van der Waals surface area contributed by atoms with Gasteiger partial charge in [0.25, 0.3) is 0 Å². The van der Waals surface area contributed by atoms with E-state index in [0.717, 1.165) is 0 Å².